The first-order chi connectivity index (χ1) is 9.06. The molecule has 2 aromatic rings. The van der Waals surface area contributed by atoms with Crippen LogP contribution in [0.25, 0.3) is 0 Å². The summed E-state index contributed by atoms with van der Waals surface area (Å²) in [5.41, 5.74) is 6.78. The molecule has 3 N–H and O–H groups in total. The van der Waals surface area contributed by atoms with Crippen LogP contribution < -0.4 is 11.1 Å². The first-order valence-corrected chi connectivity index (χ1v) is 6.42. The van der Waals surface area contributed by atoms with Gasteiger partial charge in [-0.15, -0.1) is 0 Å². The summed E-state index contributed by atoms with van der Waals surface area (Å²) in [7, 11) is 0. The molecule has 1 amide bonds. The van der Waals surface area contributed by atoms with Crippen LogP contribution in [0.3, 0.4) is 0 Å². The molecule has 1 unspecified atom stereocenters. The van der Waals surface area contributed by atoms with Crippen molar-refractivity contribution in [3.8, 4) is 0 Å². The van der Waals surface area contributed by atoms with Crippen LogP contribution in [0.5, 0.6) is 0 Å². The van der Waals surface area contributed by atoms with Crippen molar-refractivity contribution in [1.82, 2.24) is 0 Å². The van der Waals surface area contributed by atoms with Crippen LogP contribution in [0.1, 0.15) is 11.6 Å². The minimum atomic E-state index is -0.654. The van der Waals surface area contributed by atoms with E-state index in [-0.39, 0.29) is 5.82 Å². The Morgan fingerprint density at radius 2 is 1.68 bits per heavy atom. The first kappa shape index (κ1) is 13.5. The lowest BCUT2D eigenvalue weighted by molar-refractivity contribution is -0.118. The maximum Gasteiger partial charge on any atom is 0.244 e. The second-order valence-corrected chi connectivity index (χ2v) is 4.95. The second-order valence-electron chi connectivity index (χ2n) is 4.04. The van der Waals surface area contributed by atoms with Gasteiger partial charge in [-0.05, 0) is 42.0 Å². The van der Waals surface area contributed by atoms with Gasteiger partial charge in [-0.3, -0.25) is 4.79 Å². The molecule has 2 rings (SSSR count). The number of amides is 1. The van der Waals surface area contributed by atoms with Crippen molar-refractivity contribution in [2.45, 2.75) is 6.04 Å². The van der Waals surface area contributed by atoms with Crippen LogP contribution in [0.2, 0.25) is 0 Å². The van der Waals surface area contributed by atoms with Crippen LogP contribution in [-0.4, -0.2) is 5.91 Å². The number of hydrogen-bond acceptors (Lipinski definition) is 2. The van der Waals surface area contributed by atoms with Gasteiger partial charge in [0.2, 0.25) is 5.91 Å². The lowest BCUT2D eigenvalue weighted by Gasteiger charge is -2.17. The Bertz CT molecular complexity index is 569. The summed E-state index contributed by atoms with van der Waals surface area (Å²) >= 11 is 3.33. The van der Waals surface area contributed by atoms with Crippen molar-refractivity contribution in [2.75, 3.05) is 5.32 Å². The van der Waals surface area contributed by atoms with Gasteiger partial charge >= 0.3 is 0 Å². The maximum absolute atomic E-state index is 12.8. The van der Waals surface area contributed by atoms with E-state index in [1.165, 1.54) is 12.1 Å². The molecule has 0 aliphatic rings. The number of halogens is 2. The van der Waals surface area contributed by atoms with E-state index in [1.807, 2.05) is 12.1 Å². The minimum Gasteiger partial charge on any atom is -0.370 e. The highest BCUT2D eigenvalue weighted by Gasteiger charge is 2.17. The number of carbonyl (C=O) groups is 1. The molecule has 2 aromatic carbocycles. The van der Waals surface area contributed by atoms with Gasteiger partial charge in [0.1, 0.15) is 11.9 Å². The molecule has 0 aromatic heterocycles. The summed E-state index contributed by atoms with van der Waals surface area (Å²) in [5, 5.41) is 2.98. The number of carbonyl (C=O) groups excluding carboxylic acids is 1. The Hall–Kier alpha value is -1.88. The molecule has 0 aliphatic carbocycles. The highest BCUT2D eigenvalue weighted by Crippen LogP contribution is 2.21. The van der Waals surface area contributed by atoms with Crippen LogP contribution in [0.4, 0.5) is 10.1 Å². The van der Waals surface area contributed by atoms with E-state index in [0.717, 1.165) is 10.0 Å². The van der Waals surface area contributed by atoms with Gasteiger partial charge in [-0.2, -0.15) is 0 Å². The van der Waals surface area contributed by atoms with Crippen molar-refractivity contribution in [3.05, 3.63) is 64.4 Å². The van der Waals surface area contributed by atoms with Crippen LogP contribution in [0.15, 0.2) is 53.0 Å². The lowest BCUT2D eigenvalue weighted by atomic mass is 10.1. The third-order valence-corrected chi connectivity index (χ3v) is 3.17. The molecule has 0 radical (unpaired) electrons. The van der Waals surface area contributed by atoms with E-state index in [2.05, 4.69) is 21.2 Å². The summed E-state index contributed by atoms with van der Waals surface area (Å²) in [5.74, 6) is -0.823. The van der Waals surface area contributed by atoms with E-state index < -0.39 is 11.9 Å². The fraction of sp³-hybridized carbons (Fsp3) is 0.0714. The molecule has 5 heteroatoms. The van der Waals surface area contributed by atoms with Crippen molar-refractivity contribution >= 4 is 27.5 Å². The Kier molecular flexibility index (Phi) is 4.16. The van der Waals surface area contributed by atoms with Gasteiger partial charge < -0.3 is 11.1 Å². The molecule has 3 nitrogen and oxygen atoms in total. The molecule has 0 heterocycles. The minimum absolute atomic E-state index is 0.329. The molecule has 0 fully saturated rings. The normalized spacial score (nSPS) is 11.9. The second kappa shape index (κ2) is 5.84. The third-order valence-electron chi connectivity index (χ3n) is 2.64. The zero-order valence-corrected chi connectivity index (χ0v) is 11.5. The Morgan fingerprint density at radius 3 is 2.21 bits per heavy atom. The molecule has 0 saturated heterocycles. The van der Waals surface area contributed by atoms with Gasteiger partial charge in [0.25, 0.3) is 0 Å². The van der Waals surface area contributed by atoms with Gasteiger partial charge in [0.15, 0.2) is 0 Å². The molecule has 0 spiro atoms. The summed E-state index contributed by atoms with van der Waals surface area (Å²) in [6.45, 7) is 0. The number of rotatable bonds is 4. The van der Waals surface area contributed by atoms with Crippen molar-refractivity contribution in [3.63, 3.8) is 0 Å². The smallest absolute Gasteiger partial charge is 0.244 e. The molecule has 98 valence electrons. The number of nitrogens with two attached hydrogens (primary N) is 1. The van der Waals surface area contributed by atoms with Gasteiger partial charge in [0.05, 0.1) is 0 Å². The molecule has 1 atom stereocenters. The van der Waals surface area contributed by atoms with E-state index in [4.69, 9.17) is 5.73 Å². The molecular formula is C14H12BrFN2O. The number of nitrogens with one attached hydrogen (secondary N) is 1. The first-order valence-electron chi connectivity index (χ1n) is 5.63. The number of benzene rings is 2. The largest absolute Gasteiger partial charge is 0.370 e. The summed E-state index contributed by atoms with van der Waals surface area (Å²) < 4.78 is 13.7. The highest BCUT2D eigenvalue weighted by atomic mass is 79.9. The molecular weight excluding hydrogens is 311 g/mol. The SMILES string of the molecule is NC(=O)C(Nc1ccc(F)cc1)c1ccc(Br)cc1. The van der Waals surface area contributed by atoms with Crippen molar-refractivity contribution in [1.29, 1.82) is 0 Å². The lowest BCUT2D eigenvalue weighted by Crippen LogP contribution is -2.27. The van der Waals surface area contributed by atoms with E-state index in [1.54, 1.807) is 24.3 Å². The predicted molar refractivity (Wildman–Crippen MR) is 76.1 cm³/mol. The highest BCUT2D eigenvalue weighted by molar-refractivity contribution is 9.10. The summed E-state index contributed by atoms with van der Waals surface area (Å²) in [6, 6.07) is 12.4. The Labute approximate surface area is 118 Å². The topological polar surface area (TPSA) is 55.1 Å². The van der Waals surface area contributed by atoms with E-state index in [9.17, 15) is 9.18 Å². The number of hydrogen-bond donors (Lipinski definition) is 2. The third kappa shape index (κ3) is 3.54. The van der Waals surface area contributed by atoms with Crippen molar-refractivity contribution < 1.29 is 9.18 Å². The quantitative estimate of drug-likeness (QED) is 0.908. The van der Waals surface area contributed by atoms with Gasteiger partial charge in [-0.25, -0.2) is 4.39 Å². The zero-order valence-electron chi connectivity index (χ0n) is 9.94. The molecule has 0 saturated carbocycles. The maximum atomic E-state index is 12.8. The Balaban J connectivity index is 2.23. The average molecular weight is 323 g/mol. The van der Waals surface area contributed by atoms with Crippen LogP contribution in [0, 0.1) is 5.82 Å². The van der Waals surface area contributed by atoms with E-state index >= 15 is 0 Å². The standard InChI is InChI=1S/C14H12BrFN2O/c15-10-3-1-9(2-4-10)13(14(17)19)18-12-7-5-11(16)6-8-12/h1-8,13,18H,(H2,17,19). The summed E-state index contributed by atoms with van der Waals surface area (Å²) in [4.78, 5) is 11.5. The Morgan fingerprint density at radius 1 is 1.11 bits per heavy atom. The van der Waals surface area contributed by atoms with Crippen molar-refractivity contribution in [2.24, 2.45) is 5.73 Å². The predicted octanol–water partition coefficient (Wildman–Crippen LogP) is 3.23. The fourth-order valence-electron chi connectivity index (χ4n) is 1.69. The fourth-order valence-corrected chi connectivity index (χ4v) is 1.95. The van der Waals surface area contributed by atoms with Crippen LogP contribution >= 0.6 is 15.9 Å². The zero-order chi connectivity index (χ0) is 13.8. The number of primary amides is 1. The number of anilines is 1. The molecule has 19 heavy (non-hydrogen) atoms. The van der Waals surface area contributed by atoms with Crippen LogP contribution in [-0.2, 0) is 4.79 Å². The monoisotopic (exact) mass is 322 g/mol. The van der Waals surface area contributed by atoms with Gasteiger partial charge in [0, 0.05) is 10.2 Å². The molecule has 0 aliphatic heterocycles. The van der Waals surface area contributed by atoms with Gasteiger partial charge in [-0.1, -0.05) is 28.1 Å². The van der Waals surface area contributed by atoms with E-state index in [0.29, 0.717) is 5.69 Å². The average Bonchev–Trinajstić information content (AvgIpc) is 2.39. The summed E-state index contributed by atoms with van der Waals surface area (Å²) in [6.07, 6.45) is 0. The molecule has 0 bridgehead atoms.